The molecule has 1 heterocycles. The fraction of sp³-hybridized carbons (Fsp3) is 0.833. The average molecular weight is 224 g/mol. The molecule has 4 nitrogen and oxygen atoms in total. The molecule has 0 unspecified atom stereocenters. The molecule has 2 amide bonds. The topological polar surface area (TPSA) is 49.4 Å². The monoisotopic (exact) mass is 224 g/mol. The molecule has 0 atom stereocenters. The number of rotatable bonds is 1. The van der Waals surface area contributed by atoms with Gasteiger partial charge < -0.3 is 10.2 Å². The number of carbonyl (C=O) groups is 2. The quantitative estimate of drug-likeness (QED) is 0.737. The van der Waals surface area contributed by atoms with Gasteiger partial charge in [-0.15, -0.1) is 0 Å². The Hall–Kier alpha value is -1.06. The fourth-order valence-corrected chi connectivity index (χ4v) is 2.45. The predicted molar refractivity (Wildman–Crippen MR) is 61.2 cm³/mol. The second-order valence-corrected chi connectivity index (χ2v) is 4.81. The third-order valence-electron chi connectivity index (χ3n) is 3.51. The molecule has 0 radical (unpaired) electrons. The summed E-state index contributed by atoms with van der Waals surface area (Å²) in [6.45, 7) is 1.77. The van der Waals surface area contributed by atoms with Crippen molar-refractivity contribution in [3.8, 4) is 0 Å². The third-order valence-corrected chi connectivity index (χ3v) is 3.51. The van der Waals surface area contributed by atoms with Gasteiger partial charge in [-0.25, -0.2) is 4.79 Å². The van der Waals surface area contributed by atoms with E-state index in [4.69, 9.17) is 0 Å². The van der Waals surface area contributed by atoms with Crippen LogP contribution in [0.5, 0.6) is 0 Å². The van der Waals surface area contributed by atoms with Crippen LogP contribution in [-0.2, 0) is 4.79 Å². The molecule has 1 saturated carbocycles. The number of piperidine rings is 1. The zero-order valence-corrected chi connectivity index (χ0v) is 9.71. The number of amides is 2. The van der Waals surface area contributed by atoms with Crippen molar-refractivity contribution >= 4 is 11.8 Å². The van der Waals surface area contributed by atoms with Crippen molar-refractivity contribution in [1.29, 1.82) is 0 Å². The smallest absolute Gasteiger partial charge is 0.317 e. The second-order valence-electron chi connectivity index (χ2n) is 4.81. The van der Waals surface area contributed by atoms with E-state index < -0.39 is 0 Å². The minimum atomic E-state index is 0.0686. The molecular weight excluding hydrogens is 204 g/mol. The van der Waals surface area contributed by atoms with E-state index in [1.165, 1.54) is 6.42 Å². The van der Waals surface area contributed by atoms with Crippen LogP contribution in [-0.4, -0.2) is 35.8 Å². The SMILES string of the molecule is O=C1CCC(NC(=O)N2CCCCC2)CC1. The minimum Gasteiger partial charge on any atom is -0.335 e. The summed E-state index contributed by atoms with van der Waals surface area (Å²) >= 11 is 0. The van der Waals surface area contributed by atoms with Gasteiger partial charge in [0.15, 0.2) is 0 Å². The summed E-state index contributed by atoms with van der Waals surface area (Å²) in [4.78, 5) is 24.9. The molecule has 2 fully saturated rings. The number of nitrogens with zero attached hydrogens (tertiary/aromatic N) is 1. The van der Waals surface area contributed by atoms with E-state index in [9.17, 15) is 9.59 Å². The molecule has 1 N–H and O–H groups in total. The standard InChI is InChI=1S/C12H20N2O2/c15-11-6-4-10(5-7-11)13-12(16)14-8-2-1-3-9-14/h10H,1-9H2,(H,13,16). The summed E-state index contributed by atoms with van der Waals surface area (Å²) < 4.78 is 0. The highest BCUT2D eigenvalue weighted by Crippen LogP contribution is 2.16. The lowest BCUT2D eigenvalue weighted by molar-refractivity contribution is -0.120. The van der Waals surface area contributed by atoms with Crippen LogP contribution in [0.4, 0.5) is 4.79 Å². The van der Waals surface area contributed by atoms with E-state index in [0.717, 1.165) is 38.8 Å². The first kappa shape index (κ1) is 11.4. The molecule has 0 spiro atoms. The number of urea groups is 1. The molecule has 4 heteroatoms. The van der Waals surface area contributed by atoms with Crippen molar-refractivity contribution in [1.82, 2.24) is 10.2 Å². The molecule has 1 aliphatic heterocycles. The first-order valence-electron chi connectivity index (χ1n) is 6.33. The maximum Gasteiger partial charge on any atom is 0.317 e. The van der Waals surface area contributed by atoms with Crippen LogP contribution >= 0.6 is 0 Å². The van der Waals surface area contributed by atoms with Crippen LogP contribution in [0.25, 0.3) is 0 Å². The van der Waals surface area contributed by atoms with Crippen molar-refractivity contribution in [2.45, 2.75) is 51.0 Å². The van der Waals surface area contributed by atoms with Gasteiger partial charge in [-0.2, -0.15) is 0 Å². The average Bonchev–Trinajstić information content (AvgIpc) is 2.33. The lowest BCUT2D eigenvalue weighted by Gasteiger charge is -2.30. The summed E-state index contributed by atoms with van der Waals surface area (Å²) in [6.07, 6.45) is 6.38. The van der Waals surface area contributed by atoms with E-state index in [2.05, 4.69) is 5.32 Å². The summed E-state index contributed by atoms with van der Waals surface area (Å²) in [7, 11) is 0. The molecule has 1 saturated heterocycles. The number of Topliss-reactive ketones (excluding diaryl/α,β-unsaturated/α-hetero) is 1. The first-order chi connectivity index (χ1) is 7.75. The highest BCUT2D eigenvalue weighted by atomic mass is 16.2. The van der Waals surface area contributed by atoms with Crippen molar-refractivity contribution < 1.29 is 9.59 Å². The summed E-state index contributed by atoms with van der Waals surface area (Å²) in [5.41, 5.74) is 0. The van der Waals surface area contributed by atoms with E-state index in [1.807, 2.05) is 4.90 Å². The normalized spacial score (nSPS) is 23.2. The van der Waals surface area contributed by atoms with Crippen molar-refractivity contribution in [2.75, 3.05) is 13.1 Å². The van der Waals surface area contributed by atoms with Gasteiger partial charge in [-0.1, -0.05) is 0 Å². The van der Waals surface area contributed by atoms with Crippen LogP contribution in [0.1, 0.15) is 44.9 Å². The Morgan fingerprint density at radius 2 is 1.75 bits per heavy atom. The Balaban J connectivity index is 1.75. The first-order valence-corrected chi connectivity index (χ1v) is 6.33. The number of ketones is 1. The minimum absolute atomic E-state index is 0.0686. The van der Waals surface area contributed by atoms with Gasteiger partial charge in [0.05, 0.1) is 0 Å². The predicted octanol–water partition coefficient (Wildman–Crippen LogP) is 1.69. The van der Waals surface area contributed by atoms with Gasteiger partial charge in [-0.05, 0) is 32.1 Å². The number of likely N-dealkylation sites (tertiary alicyclic amines) is 1. The summed E-state index contributed by atoms with van der Waals surface area (Å²) in [5, 5.41) is 3.04. The Morgan fingerprint density at radius 3 is 2.38 bits per heavy atom. The van der Waals surface area contributed by atoms with Crippen molar-refractivity contribution in [2.24, 2.45) is 0 Å². The van der Waals surface area contributed by atoms with Gasteiger partial charge in [0.2, 0.25) is 0 Å². The molecular formula is C12H20N2O2. The molecule has 0 aromatic rings. The lowest BCUT2D eigenvalue weighted by Crippen LogP contribution is -2.47. The molecule has 90 valence electrons. The molecule has 0 aromatic heterocycles. The van der Waals surface area contributed by atoms with Crippen LogP contribution in [0.15, 0.2) is 0 Å². The maximum absolute atomic E-state index is 11.9. The molecule has 2 rings (SSSR count). The molecule has 0 bridgehead atoms. The van der Waals surface area contributed by atoms with Gasteiger partial charge >= 0.3 is 6.03 Å². The van der Waals surface area contributed by atoms with E-state index in [1.54, 1.807) is 0 Å². The largest absolute Gasteiger partial charge is 0.335 e. The van der Waals surface area contributed by atoms with Crippen molar-refractivity contribution in [3.63, 3.8) is 0 Å². The number of hydrogen-bond donors (Lipinski definition) is 1. The van der Waals surface area contributed by atoms with Crippen molar-refractivity contribution in [3.05, 3.63) is 0 Å². The second kappa shape index (κ2) is 5.32. The van der Waals surface area contributed by atoms with Crippen LogP contribution in [0.3, 0.4) is 0 Å². The van der Waals surface area contributed by atoms with Gasteiger partial charge in [-0.3, -0.25) is 4.79 Å². The Morgan fingerprint density at radius 1 is 1.12 bits per heavy atom. The Labute approximate surface area is 96.4 Å². The number of carbonyl (C=O) groups excluding carboxylic acids is 2. The van der Waals surface area contributed by atoms with Gasteiger partial charge in [0.25, 0.3) is 0 Å². The van der Waals surface area contributed by atoms with Gasteiger partial charge in [0.1, 0.15) is 5.78 Å². The zero-order chi connectivity index (χ0) is 11.4. The molecule has 0 aromatic carbocycles. The number of nitrogens with one attached hydrogen (secondary N) is 1. The molecule has 16 heavy (non-hydrogen) atoms. The van der Waals surface area contributed by atoms with E-state index in [0.29, 0.717) is 18.6 Å². The molecule has 1 aliphatic carbocycles. The number of hydrogen-bond acceptors (Lipinski definition) is 2. The van der Waals surface area contributed by atoms with E-state index >= 15 is 0 Å². The van der Waals surface area contributed by atoms with E-state index in [-0.39, 0.29) is 12.1 Å². The Bertz CT molecular complexity index is 262. The van der Waals surface area contributed by atoms with Crippen LogP contribution in [0.2, 0.25) is 0 Å². The van der Waals surface area contributed by atoms with Crippen LogP contribution in [0, 0.1) is 0 Å². The highest BCUT2D eigenvalue weighted by molar-refractivity contribution is 5.80. The van der Waals surface area contributed by atoms with Gasteiger partial charge in [0, 0.05) is 32.0 Å². The molecule has 2 aliphatic rings. The highest BCUT2D eigenvalue weighted by Gasteiger charge is 2.23. The van der Waals surface area contributed by atoms with Crippen LogP contribution < -0.4 is 5.32 Å². The summed E-state index contributed by atoms with van der Waals surface area (Å²) in [6, 6.07) is 0.283. The zero-order valence-electron chi connectivity index (χ0n) is 9.71. The Kier molecular flexibility index (Phi) is 3.80. The summed E-state index contributed by atoms with van der Waals surface area (Å²) in [5.74, 6) is 0.337. The third kappa shape index (κ3) is 2.97. The maximum atomic E-state index is 11.9. The fourth-order valence-electron chi connectivity index (χ4n) is 2.45. The lowest BCUT2D eigenvalue weighted by atomic mass is 9.94.